The highest BCUT2D eigenvalue weighted by molar-refractivity contribution is 7.89. The molecule has 1 aromatic heterocycles. The minimum absolute atomic E-state index is 0.188. The fourth-order valence-corrected chi connectivity index (χ4v) is 3.14. The molecule has 1 heterocycles. The average molecular weight is 286 g/mol. The molecule has 0 aliphatic rings. The number of hydrogen-bond acceptors (Lipinski definition) is 5. The third-order valence-corrected chi connectivity index (χ3v) is 4.72. The van der Waals surface area contributed by atoms with Crippen LogP contribution in [0.1, 0.15) is 13.3 Å². The summed E-state index contributed by atoms with van der Waals surface area (Å²) in [6, 6.07) is 2.99. The maximum Gasteiger partial charge on any atom is 0.244 e. The van der Waals surface area contributed by atoms with E-state index in [0.29, 0.717) is 18.9 Å². The summed E-state index contributed by atoms with van der Waals surface area (Å²) in [4.78, 5) is 6.06. The Labute approximate surface area is 115 Å². The van der Waals surface area contributed by atoms with Crippen molar-refractivity contribution in [2.75, 3.05) is 39.5 Å². The number of anilines is 1. The van der Waals surface area contributed by atoms with Gasteiger partial charge in [-0.2, -0.15) is 4.31 Å². The standard InChI is InChI=1S/C12H22N4O2S/c1-4-16(9-5-8-15(2)3)19(17,18)11-6-7-12(13)14-10-11/h6-7,10H,4-5,8-9H2,1-3H3,(H2,13,14). The molecule has 108 valence electrons. The quantitative estimate of drug-likeness (QED) is 0.795. The molecule has 0 amide bonds. The number of hydrogen-bond donors (Lipinski definition) is 1. The monoisotopic (exact) mass is 286 g/mol. The number of rotatable bonds is 7. The van der Waals surface area contributed by atoms with Gasteiger partial charge in [-0.15, -0.1) is 0 Å². The number of pyridine rings is 1. The first-order chi connectivity index (χ1) is 8.87. The second-order valence-electron chi connectivity index (χ2n) is 4.57. The Bertz CT molecular complexity index is 485. The third kappa shape index (κ3) is 4.45. The van der Waals surface area contributed by atoms with Crippen LogP contribution in [0.2, 0.25) is 0 Å². The van der Waals surface area contributed by atoms with Gasteiger partial charge in [0.2, 0.25) is 10.0 Å². The highest BCUT2D eigenvalue weighted by Gasteiger charge is 2.22. The van der Waals surface area contributed by atoms with Crippen LogP contribution in [0.25, 0.3) is 0 Å². The van der Waals surface area contributed by atoms with Gasteiger partial charge in [-0.3, -0.25) is 0 Å². The van der Waals surface area contributed by atoms with Crippen LogP contribution in [0.5, 0.6) is 0 Å². The van der Waals surface area contributed by atoms with E-state index >= 15 is 0 Å². The molecule has 0 atom stereocenters. The van der Waals surface area contributed by atoms with Gasteiger partial charge >= 0.3 is 0 Å². The molecule has 0 saturated carbocycles. The summed E-state index contributed by atoms with van der Waals surface area (Å²) in [5, 5.41) is 0. The molecule has 6 nitrogen and oxygen atoms in total. The first kappa shape index (κ1) is 15.9. The molecule has 0 saturated heterocycles. The van der Waals surface area contributed by atoms with Gasteiger partial charge in [0.05, 0.1) is 0 Å². The van der Waals surface area contributed by atoms with Crippen molar-refractivity contribution in [3.05, 3.63) is 18.3 Å². The zero-order valence-corrected chi connectivity index (χ0v) is 12.5. The van der Waals surface area contributed by atoms with Crippen molar-refractivity contribution in [3.8, 4) is 0 Å². The van der Waals surface area contributed by atoms with Crippen molar-refractivity contribution >= 4 is 15.8 Å². The average Bonchev–Trinajstić information content (AvgIpc) is 2.34. The van der Waals surface area contributed by atoms with Crippen molar-refractivity contribution in [1.82, 2.24) is 14.2 Å². The van der Waals surface area contributed by atoms with E-state index in [1.807, 2.05) is 25.9 Å². The van der Waals surface area contributed by atoms with Crippen LogP contribution in [0.3, 0.4) is 0 Å². The molecule has 0 radical (unpaired) electrons. The predicted octanol–water partition coefficient (Wildman–Crippen LogP) is 0.626. The summed E-state index contributed by atoms with van der Waals surface area (Å²) < 4.78 is 26.2. The first-order valence-electron chi connectivity index (χ1n) is 6.24. The lowest BCUT2D eigenvalue weighted by Gasteiger charge is -2.21. The fraction of sp³-hybridized carbons (Fsp3) is 0.583. The molecule has 0 aliphatic carbocycles. The van der Waals surface area contributed by atoms with Crippen LogP contribution < -0.4 is 5.73 Å². The zero-order valence-electron chi connectivity index (χ0n) is 11.7. The summed E-state index contributed by atoms with van der Waals surface area (Å²) in [6.07, 6.45) is 2.10. The Morgan fingerprint density at radius 3 is 2.42 bits per heavy atom. The highest BCUT2D eigenvalue weighted by atomic mass is 32.2. The SMILES string of the molecule is CCN(CCCN(C)C)S(=O)(=O)c1ccc(N)nc1. The van der Waals surface area contributed by atoms with E-state index in [4.69, 9.17) is 5.73 Å². The van der Waals surface area contributed by atoms with Gasteiger partial charge in [0.15, 0.2) is 0 Å². The van der Waals surface area contributed by atoms with E-state index in [2.05, 4.69) is 4.98 Å². The Balaban J connectivity index is 2.80. The predicted molar refractivity (Wildman–Crippen MR) is 76.3 cm³/mol. The zero-order chi connectivity index (χ0) is 14.5. The van der Waals surface area contributed by atoms with Crippen molar-refractivity contribution in [1.29, 1.82) is 0 Å². The number of aromatic nitrogens is 1. The lowest BCUT2D eigenvalue weighted by Crippen LogP contribution is -2.33. The molecular weight excluding hydrogens is 264 g/mol. The molecule has 1 rings (SSSR count). The van der Waals surface area contributed by atoms with Crippen LogP contribution >= 0.6 is 0 Å². The second kappa shape index (κ2) is 6.83. The number of sulfonamides is 1. The lowest BCUT2D eigenvalue weighted by atomic mass is 10.4. The maximum absolute atomic E-state index is 12.4. The number of nitrogens with zero attached hydrogens (tertiary/aromatic N) is 3. The molecule has 0 aromatic carbocycles. The molecule has 0 bridgehead atoms. The Morgan fingerprint density at radius 2 is 1.95 bits per heavy atom. The Kier molecular flexibility index (Phi) is 5.71. The molecular formula is C12H22N4O2S. The molecule has 7 heteroatoms. The summed E-state index contributed by atoms with van der Waals surface area (Å²) in [7, 11) is 0.465. The van der Waals surface area contributed by atoms with Crippen molar-refractivity contribution in [3.63, 3.8) is 0 Å². The van der Waals surface area contributed by atoms with E-state index in [1.54, 1.807) is 0 Å². The van der Waals surface area contributed by atoms with Crippen LogP contribution in [0.15, 0.2) is 23.2 Å². The smallest absolute Gasteiger partial charge is 0.244 e. The van der Waals surface area contributed by atoms with Crippen LogP contribution in [-0.2, 0) is 10.0 Å². The van der Waals surface area contributed by atoms with Gasteiger partial charge in [0.25, 0.3) is 0 Å². The van der Waals surface area contributed by atoms with Gasteiger partial charge in [0.1, 0.15) is 10.7 Å². The summed E-state index contributed by atoms with van der Waals surface area (Å²) >= 11 is 0. The van der Waals surface area contributed by atoms with Crippen molar-refractivity contribution in [2.24, 2.45) is 0 Å². The van der Waals surface area contributed by atoms with Crippen LogP contribution in [0, 0.1) is 0 Å². The largest absolute Gasteiger partial charge is 0.384 e. The van der Waals surface area contributed by atoms with Crippen molar-refractivity contribution < 1.29 is 8.42 Å². The molecule has 19 heavy (non-hydrogen) atoms. The van der Waals surface area contributed by atoms with E-state index in [1.165, 1.54) is 22.6 Å². The van der Waals surface area contributed by atoms with Gasteiger partial charge in [-0.25, -0.2) is 13.4 Å². The molecule has 0 spiro atoms. The normalized spacial score (nSPS) is 12.3. The van der Waals surface area contributed by atoms with E-state index in [0.717, 1.165) is 13.0 Å². The molecule has 2 N–H and O–H groups in total. The molecule has 1 aromatic rings. The number of nitrogens with two attached hydrogens (primary N) is 1. The summed E-state index contributed by atoms with van der Waals surface area (Å²) in [5.41, 5.74) is 5.47. The maximum atomic E-state index is 12.4. The van der Waals surface area contributed by atoms with Crippen LogP contribution in [-0.4, -0.2) is 56.3 Å². The summed E-state index contributed by atoms with van der Waals surface area (Å²) in [6.45, 7) is 3.63. The van der Waals surface area contributed by atoms with Crippen molar-refractivity contribution in [2.45, 2.75) is 18.2 Å². The fourth-order valence-electron chi connectivity index (χ4n) is 1.70. The Morgan fingerprint density at radius 1 is 1.26 bits per heavy atom. The third-order valence-electron chi connectivity index (χ3n) is 2.76. The minimum atomic E-state index is -3.47. The molecule has 0 aliphatic heterocycles. The van der Waals surface area contributed by atoms with Gasteiger partial charge in [0, 0.05) is 19.3 Å². The van der Waals surface area contributed by atoms with E-state index in [-0.39, 0.29) is 4.90 Å². The summed E-state index contributed by atoms with van der Waals surface area (Å²) in [5.74, 6) is 0.314. The lowest BCUT2D eigenvalue weighted by molar-refractivity contribution is 0.356. The van der Waals surface area contributed by atoms with Crippen LogP contribution in [0.4, 0.5) is 5.82 Å². The van der Waals surface area contributed by atoms with E-state index < -0.39 is 10.0 Å². The van der Waals surface area contributed by atoms with Gasteiger partial charge in [-0.05, 0) is 39.2 Å². The minimum Gasteiger partial charge on any atom is -0.384 e. The number of nitrogen functional groups attached to an aromatic ring is 1. The highest BCUT2D eigenvalue weighted by Crippen LogP contribution is 2.15. The first-order valence-corrected chi connectivity index (χ1v) is 7.68. The molecule has 0 unspecified atom stereocenters. The topological polar surface area (TPSA) is 79.5 Å². The molecule has 0 fully saturated rings. The second-order valence-corrected chi connectivity index (χ2v) is 6.51. The van der Waals surface area contributed by atoms with Gasteiger partial charge < -0.3 is 10.6 Å². The van der Waals surface area contributed by atoms with E-state index in [9.17, 15) is 8.42 Å². The Hall–Kier alpha value is -1.18. The van der Waals surface area contributed by atoms with Gasteiger partial charge in [-0.1, -0.05) is 6.92 Å².